The van der Waals surface area contributed by atoms with Crippen molar-refractivity contribution in [1.29, 1.82) is 0 Å². The van der Waals surface area contributed by atoms with E-state index in [9.17, 15) is 0 Å². The summed E-state index contributed by atoms with van der Waals surface area (Å²) in [6.45, 7) is 6.00. The summed E-state index contributed by atoms with van der Waals surface area (Å²) in [7, 11) is 0. The van der Waals surface area contributed by atoms with Crippen molar-refractivity contribution in [3.05, 3.63) is 12.2 Å². The van der Waals surface area contributed by atoms with Crippen molar-refractivity contribution in [2.24, 2.45) is 5.84 Å². The van der Waals surface area contributed by atoms with Crippen LogP contribution >= 0.6 is 11.8 Å². The lowest BCUT2D eigenvalue weighted by Crippen LogP contribution is -2.37. The molecule has 0 aliphatic heterocycles. The molecule has 1 unspecified atom stereocenters. The van der Waals surface area contributed by atoms with Crippen LogP contribution in [0.2, 0.25) is 0 Å². The lowest BCUT2D eigenvalue weighted by Gasteiger charge is -2.23. The summed E-state index contributed by atoms with van der Waals surface area (Å²) in [5.41, 5.74) is 4.10. The van der Waals surface area contributed by atoms with Crippen molar-refractivity contribution >= 4 is 11.8 Å². The molecular weight excluding hydrogens is 204 g/mol. The number of nitrogens with one attached hydrogen (secondary N) is 1. The van der Waals surface area contributed by atoms with E-state index < -0.39 is 0 Å². The molecule has 0 aromatic heterocycles. The average molecular weight is 228 g/mol. The number of hydrogen-bond acceptors (Lipinski definition) is 3. The fraction of sp³-hybridized carbons (Fsp3) is 0.833. The van der Waals surface area contributed by atoms with Crippen molar-refractivity contribution in [2.45, 2.75) is 56.7 Å². The van der Waals surface area contributed by atoms with Gasteiger partial charge in [-0.3, -0.25) is 11.3 Å². The third-order valence-corrected chi connectivity index (χ3v) is 4.45. The maximum Gasteiger partial charge on any atom is 0.0338 e. The molecule has 1 aliphatic rings. The minimum Gasteiger partial charge on any atom is -0.271 e. The molecular formula is C12H24N2S. The van der Waals surface area contributed by atoms with Gasteiger partial charge in [0.15, 0.2) is 0 Å². The third kappa shape index (κ3) is 5.59. The van der Waals surface area contributed by atoms with Crippen LogP contribution in [0.1, 0.15) is 45.4 Å². The van der Waals surface area contributed by atoms with E-state index in [1.807, 2.05) is 0 Å². The first-order valence-electron chi connectivity index (χ1n) is 5.94. The van der Waals surface area contributed by atoms with Crippen molar-refractivity contribution in [3.8, 4) is 0 Å². The van der Waals surface area contributed by atoms with Crippen LogP contribution in [-0.4, -0.2) is 17.0 Å². The smallest absolute Gasteiger partial charge is 0.0338 e. The molecule has 2 nitrogen and oxygen atoms in total. The molecule has 3 heteroatoms. The fourth-order valence-electron chi connectivity index (χ4n) is 2.07. The van der Waals surface area contributed by atoms with Gasteiger partial charge in [0.2, 0.25) is 0 Å². The summed E-state index contributed by atoms with van der Waals surface area (Å²) in [4.78, 5) is 0. The molecule has 0 aromatic carbocycles. The molecule has 0 aromatic rings. The molecule has 1 aliphatic carbocycles. The first kappa shape index (κ1) is 13.1. The van der Waals surface area contributed by atoms with Crippen LogP contribution in [0, 0.1) is 0 Å². The van der Waals surface area contributed by atoms with Crippen molar-refractivity contribution < 1.29 is 0 Å². The Morgan fingerprint density at radius 3 is 2.67 bits per heavy atom. The molecule has 0 saturated heterocycles. The number of thioether (sulfide) groups is 1. The highest BCUT2D eigenvalue weighted by Gasteiger charge is 2.16. The predicted octanol–water partition coefficient (Wildman–Crippen LogP) is 2.85. The Balaban J connectivity index is 2.17. The fourth-order valence-corrected chi connectivity index (χ4v) is 3.46. The molecule has 0 heterocycles. The summed E-state index contributed by atoms with van der Waals surface area (Å²) in [5, 5.41) is 0.875. The first-order valence-corrected chi connectivity index (χ1v) is 6.99. The van der Waals surface area contributed by atoms with Gasteiger partial charge in [0, 0.05) is 17.0 Å². The van der Waals surface area contributed by atoms with Gasteiger partial charge in [0.05, 0.1) is 0 Å². The van der Waals surface area contributed by atoms with Crippen LogP contribution in [0.25, 0.3) is 0 Å². The van der Waals surface area contributed by atoms with Crippen LogP contribution in [-0.2, 0) is 0 Å². The molecule has 0 spiro atoms. The Bertz CT molecular complexity index is 188. The van der Waals surface area contributed by atoms with E-state index in [2.05, 4.69) is 30.7 Å². The Labute approximate surface area is 98.0 Å². The van der Waals surface area contributed by atoms with Crippen LogP contribution in [0.4, 0.5) is 0 Å². The maximum atomic E-state index is 5.53. The summed E-state index contributed by atoms with van der Waals surface area (Å²) in [6, 6.07) is 0.398. The molecule has 88 valence electrons. The van der Waals surface area contributed by atoms with Gasteiger partial charge in [-0.1, -0.05) is 24.8 Å². The second-order valence-corrected chi connectivity index (χ2v) is 5.95. The zero-order valence-corrected chi connectivity index (χ0v) is 10.6. The molecule has 15 heavy (non-hydrogen) atoms. The normalized spacial score (nSPS) is 20.1. The Kier molecular flexibility index (Phi) is 6.37. The van der Waals surface area contributed by atoms with Gasteiger partial charge in [-0.05, 0) is 26.2 Å². The lowest BCUT2D eigenvalue weighted by atomic mass is 10.0. The maximum absolute atomic E-state index is 5.53. The Hall–Kier alpha value is 0.01000. The number of nitrogens with two attached hydrogens (primary N) is 1. The van der Waals surface area contributed by atoms with Gasteiger partial charge in [0.1, 0.15) is 0 Å². The second-order valence-electron chi connectivity index (χ2n) is 4.62. The average Bonchev–Trinajstić information content (AvgIpc) is 2.25. The zero-order valence-electron chi connectivity index (χ0n) is 9.80. The monoisotopic (exact) mass is 228 g/mol. The van der Waals surface area contributed by atoms with E-state index in [1.165, 1.54) is 37.7 Å². The van der Waals surface area contributed by atoms with Gasteiger partial charge < -0.3 is 0 Å². The van der Waals surface area contributed by atoms with Gasteiger partial charge in [-0.15, -0.1) is 6.58 Å². The van der Waals surface area contributed by atoms with E-state index in [-0.39, 0.29) is 0 Å². The Morgan fingerprint density at radius 2 is 2.13 bits per heavy atom. The molecule has 0 amide bonds. The lowest BCUT2D eigenvalue weighted by molar-refractivity contribution is 0.513. The highest BCUT2D eigenvalue weighted by molar-refractivity contribution is 7.99. The van der Waals surface area contributed by atoms with Crippen molar-refractivity contribution in [1.82, 2.24) is 5.43 Å². The van der Waals surface area contributed by atoms with Crippen LogP contribution in [0.15, 0.2) is 12.2 Å². The molecule has 1 atom stereocenters. The molecule has 0 bridgehead atoms. The van der Waals surface area contributed by atoms with E-state index in [4.69, 9.17) is 5.84 Å². The van der Waals surface area contributed by atoms with Crippen molar-refractivity contribution in [2.75, 3.05) is 5.75 Å². The predicted molar refractivity (Wildman–Crippen MR) is 69.9 cm³/mol. The van der Waals surface area contributed by atoms with E-state index in [0.717, 1.165) is 17.4 Å². The van der Waals surface area contributed by atoms with Crippen molar-refractivity contribution in [3.63, 3.8) is 0 Å². The van der Waals surface area contributed by atoms with Gasteiger partial charge in [-0.25, -0.2) is 0 Å². The molecule has 0 radical (unpaired) electrons. The highest BCUT2D eigenvalue weighted by Crippen LogP contribution is 2.28. The molecule has 1 saturated carbocycles. The van der Waals surface area contributed by atoms with E-state index in [0.29, 0.717) is 6.04 Å². The molecule has 1 rings (SSSR count). The second kappa shape index (κ2) is 7.31. The highest BCUT2D eigenvalue weighted by atomic mass is 32.2. The molecule has 3 N–H and O–H groups in total. The van der Waals surface area contributed by atoms with E-state index >= 15 is 0 Å². The minimum absolute atomic E-state index is 0.398. The number of hydrogen-bond donors (Lipinski definition) is 2. The summed E-state index contributed by atoms with van der Waals surface area (Å²) < 4.78 is 0. The topological polar surface area (TPSA) is 38.0 Å². The van der Waals surface area contributed by atoms with E-state index in [1.54, 1.807) is 0 Å². The van der Waals surface area contributed by atoms with Crippen LogP contribution in [0.5, 0.6) is 0 Å². The van der Waals surface area contributed by atoms with Gasteiger partial charge in [0.25, 0.3) is 0 Å². The summed E-state index contributed by atoms with van der Waals surface area (Å²) in [5.74, 6) is 6.65. The summed E-state index contributed by atoms with van der Waals surface area (Å²) >= 11 is 2.09. The van der Waals surface area contributed by atoms with Crippen LogP contribution in [0.3, 0.4) is 0 Å². The first-order chi connectivity index (χ1) is 7.22. The largest absolute Gasteiger partial charge is 0.271 e. The summed E-state index contributed by atoms with van der Waals surface area (Å²) in [6.07, 6.45) is 8.05. The quantitative estimate of drug-likeness (QED) is 0.417. The van der Waals surface area contributed by atoms with Gasteiger partial charge in [-0.2, -0.15) is 11.8 Å². The SMILES string of the molecule is C=C(C)CC(CSC1CCCCC1)NN. The van der Waals surface area contributed by atoms with Gasteiger partial charge >= 0.3 is 0 Å². The Morgan fingerprint density at radius 1 is 1.47 bits per heavy atom. The number of hydrazine groups is 1. The number of rotatable bonds is 6. The third-order valence-electron chi connectivity index (χ3n) is 2.92. The molecule has 1 fully saturated rings. The zero-order chi connectivity index (χ0) is 11.1. The van der Waals surface area contributed by atoms with Crippen LogP contribution < -0.4 is 11.3 Å². The standard InChI is InChI=1S/C12H24N2S/c1-10(2)8-11(14-13)9-15-12-6-4-3-5-7-12/h11-12,14H,1,3-9,13H2,2H3. The minimum atomic E-state index is 0.398.